The molecule has 4 aliphatic carbocycles. The second-order valence-electron chi connectivity index (χ2n) is 14.1. The number of ether oxygens (including phenoxy) is 1. The third-order valence-electron chi connectivity index (χ3n) is 11.6. The van der Waals surface area contributed by atoms with Gasteiger partial charge in [0.05, 0.1) is 18.2 Å². The number of aliphatic carboxylic acids is 1. The van der Waals surface area contributed by atoms with Crippen molar-refractivity contribution in [1.82, 2.24) is 0 Å². The summed E-state index contributed by atoms with van der Waals surface area (Å²) >= 11 is 0. The Labute approximate surface area is 303 Å². The number of fused-ring (bicyclic) bond motifs is 5. The van der Waals surface area contributed by atoms with E-state index < -0.39 is 24.1 Å². The molecular formula is C39H63NaO6. The predicted octanol–water partition coefficient (Wildman–Crippen LogP) is 4.52. The van der Waals surface area contributed by atoms with Crippen LogP contribution in [0.5, 0.6) is 0 Å². The van der Waals surface area contributed by atoms with Crippen LogP contribution < -0.4 is 34.7 Å². The first-order chi connectivity index (χ1) is 20.0. The number of hydrogen-bond donors (Lipinski definition) is 2. The van der Waals surface area contributed by atoms with Gasteiger partial charge in [0.2, 0.25) is 0 Å². The summed E-state index contributed by atoms with van der Waals surface area (Å²) in [6, 6.07) is 0. The zero-order valence-electron chi connectivity index (χ0n) is 28.6. The smallest absolute Gasteiger partial charge is 0.545 e. The zero-order chi connectivity index (χ0) is 32.9. The number of hydrogen-bond acceptors (Lipinski definition) is 6. The van der Waals surface area contributed by atoms with Crippen LogP contribution in [0.2, 0.25) is 0 Å². The first kappa shape index (κ1) is 46.5. The summed E-state index contributed by atoms with van der Waals surface area (Å²) in [4.78, 5) is 24.7. The summed E-state index contributed by atoms with van der Waals surface area (Å²) < 4.78 is 5.84. The molecule has 0 spiro atoms. The number of rotatable bonds is 5. The van der Waals surface area contributed by atoms with Gasteiger partial charge in [-0.2, -0.15) is 0 Å². The molecule has 0 radical (unpaired) electrons. The Kier molecular flexibility index (Phi) is 19.0. The number of carboxylic acids is 1. The van der Waals surface area contributed by atoms with Gasteiger partial charge in [-0.25, -0.2) is 0 Å². The molecule has 0 amide bonds. The Morgan fingerprint density at radius 2 is 1.52 bits per heavy atom. The van der Waals surface area contributed by atoms with E-state index >= 15 is 0 Å². The van der Waals surface area contributed by atoms with Crippen molar-refractivity contribution in [3.8, 4) is 0 Å². The van der Waals surface area contributed by atoms with Crippen LogP contribution in [0.4, 0.5) is 0 Å². The van der Waals surface area contributed by atoms with Crippen LogP contribution in [0.3, 0.4) is 0 Å². The average molecular weight is 651 g/mol. The molecule has 256 valence electrons. The van der Waals surface area contributed by atoms with E-state index in [-0.39, 0.29) is 90.1 Å². The van der Waals surface area contributed by atoms with Gasteiger partial charge in [0, 0.05) is 6.92 Å². The van der Waals surface area contributed by atoms with E-state index in [1.165, 1.54) is 6.92 Å². The monoisotopic (exact) mass is 650 g/mol. The molecular weight excluding hydrogens is 587 g/mol. The molecule has 0 saturated heterocycles. The Balaban J connectivity index is 0. The quantitative estimate of drug-likeness (QED) is 0.149. The van der Waals surface area contributed by atoms with E-state index in [1.807, 2.05) is 19.9 Å². The van der Waals surface area contributed by atoms with Crippen LogP contribution in [-0.2, 0) is 14.3 Å². The number of esters is 1. The molecule has 0 aromatic rings. The number of allylic oxidation sites excluding steroid dienone is 2. The average Bonchev–Trinajstić information content (AvgIpc) is 3.16. The van der Waals surface area contributed by atoms with Crippen molar-refractivity contribution >= 4 is 11.9 Å². The number of carbonyl (C=O) groups is 2. The summed E-state index contributed by atoms with van der Waals surface area (Å²) in [6.45, 7) is 26.9. The van der Waals surface area contributed by atoms with E-state index in [9.17, 15) is 24.9 Å². The molecule has 1 unspecified atom stereocenters. The summed E-state index contributed by atoms with van der Waals surface area (Å²) in [5, 5.41) is 35.0. The third-order valence-corrected chi connectivity index (χ3v) is 11.6. The first-order valence-electron chi connectivity index (χ1n) is 15.7. The SMILES string of the molecule is C.C.C=C=C.C=C=C.CC(=O)O[C@H]1C[C@@]2(C)[C@@H](C[C@@H](O)[C@H]3[C@@]4(C)CC[C@@H](O)[C@@H](C)C4CC[C@@]32C)/C1=C(\CCC=C(C)C)C(=O)[O-].[Na+]. The Morgan fingerprint density at radius 1 is 0.978 bits per heavy atom. The number of carbonyl (C=O) groups excluding carboxylic acids is 2. The molecule has 7 heteroatoms. The maximum Gasteiger partial charge on any atom is 1.00 e. The van der Waals surface area contributed by atoms with Crippen LogP contribution >= 0.6 is 0 Å². The standard InChI is InChI=1S/C31H48O6.2C3H4.2CH4.Na/c1-17(2)9-8-10-20(28(35)36)26-22-15-24(34)27-29(5)13-12-23(33)18(3)21(29)11-14-30(27,6)31(22,7)16-25(26)37-19(4)32;2*1-3-2;;;/h9,18,21-25,27,33-34H,8,10-16H2,1-7H3,(H,35,36);2*1-2H2;2*1H4;/q;;;;;+1/p-1/b26-20-;;;;;/t18-,21?,22-,23+,24+,25-,27-,29-,30-,31-;;;;;/m0...../s1. The van der Waals surface area contributed by atoms with Gasteiger partial charge in [0.15, 0.2) is 0 Å². The van der Waals surface area contributed by atoms with Crippen LogP contribution in [0.1, 0.15) is 115 Å². The maximum atomic E-state index is 12.5. The van der Waals surface area contributed by atoms with Gasteiger partial charge in [0.1, 0.15) is 6.10 Å². The molecule has 0 aliphatic heterocycles. The first-order valence-corrected chi connectivity index (χ1v) is 15.7. The van der Waals surface area contributed by atoms with Crippen molar-refractivity contribution in [3.63, 3.8) is 0 Å². The van der Waals surface area contributed by atoms with Gasteiger partial charge in [-0.1, -0.05) is 80.5 Å². The van der Waals surface area contributed by atoms with Gasteiger partial charge in [-0.3, -0.25) is 4.79 Å². The maximum absolute atomic E-state index is 12.5. The molecule has 46 heavy (non-hydrogen) atoms. The summed E-state index contributed by atoms with van der Waals surface area (Å²) in [5.74, 6) is -1.25. The normalized spacial score (nSPS) is 37.5. The fraction of sp³-hybridized carbons (Fsp3) is 0.692. The fourth-order valence-electron chi connectivity index (χ4n) is 9.78. The molecule has 0 aromatic carbocycles. The molecule has 4 fully saturated rings. The molecule has 2 N–H and O–H groups in total. The molecule has 10 atom stereocenters. The van der Waals surface area contributed by atoms with Crippen molar-refractivity contribution in [1.29, 1.82) is 0 Å². The number of aliphatic hydroxyl groups excluding tert-OH is 2. The van der Waals surface area contributed by atoms with Crippen molar-refractivity contribution in [2.75, 3.05) is 0 Å². The fourth-order valence-corrected chi connectivity index (χ4v) is 9.78. The van der Waals surface area contributed by atoms with Gasteiger partial charge < -0.3 is 24.9 Å². The van der Waals surface area contributed by atoms with Crippen LogP contribution in [0.25, 0.3) is 0 Å². The van der Waals surface area contributed by atoms with E-state index in [2.05, 4.69) is 65.5 Å². The number of aliphatic hydroxyl groups is 2. The minimum absolute atomic E-state index is 0. The Bertz CT molecular complexity index is 1160. The van der Waals surface area contributed by atoms with Crippen molar-refractivity contribution in [2.45, 2.75) is 133 Å². The van der Waals surface area contributed by atoms with Crippen LogP contribution in [0.15, 0.2) is 60.6 Å². The second kappa shape index (κ2) is 18.8. The second-order valence-corrected chi connectivity index (χ2v) is 14.1. The van der Waals surface area contributed by atoms with Crippen molar-refractivity contribution in [3.05, 3.63) is 60.6 Å². The topological polar surface area (TPSA) is 107 Å². The van der Waals surface area contributed by atoms with Crippen molar-refractivity contribution in [2.24, 2.45) is 39.9 Å². The van der Waals surface area contributed by atoms with E-state index in [0.717, 1.165) is 31.3 Å². The van der Waals surface area contributed by atoms with Gasteiger partial charge in [-0.05, 0) is 116 Å². The Morgan fingerprint density at radius 3 is 2.00 bits per heavy atom. The van der Waals surface area contributed by atoms with Crippen molar-refractivity contribution < 1.29 is 59.2 Å². The molecule has 0 bridgehead atoms. The van der Waals surface area contributed by atoms with E-state index in [4.69, 9.17) is 4.74 Å². The molecule has 4 rings (SSSR count). The summed E-state index contributed by atoms with van der Waals surface area (Å²) in [6.07, 6.45) is 5.92. The molecule has 4 saturated carbocycles. The third kappa shape index (κ3) is 8.88. The zero-order valence-corrected chi connectivity index (χ0v) is 30.6. The van der Waals surface area contributed by atoms with Crippen LogP contribution in [0, 0.1) is 39.9 Å². The predicted molar refractivity (Wildman–Crippen MR) is 183 cm³/mol. The molecule has 4 aliphatic rings. The molecule has 0 heterocycles. The van der Waals surface area contributed by atoms with Gasteiger partial charge >= 0.3 is 35.5 Å². The largest absolute Gasteiger partial charge is 1.00 e. The van der Waals surface area contributed by atoms with Gasteiger partial charge in [0.25, 0.3) is 0 Å². The summed E-state index contributed by atoms with van der Waals surface area (Å²) in [5.41, 5.74) is 5.81. The van der Waals surface area contributed by atoms with E-state index in [0.29, 0.717) is 37.2 Å². The molecule has 6 nitrogen and oxygen atoms in total. The minimum atomic E-state index is -1.20. The van der Waals surface area contributed by atoms with E-state index in [1.54, 1.807) is 0 Å². The van der Waals surface area contributed by atoms with Crippen LogP contribution in [-0.4, -0.2) is 40.5 Å². The Hall–Kier alpha value is -1.62. The van der Waals surface area contributed by atoms with Gasteiger partial charge in [-0.15, -0.1) is 11.5 Å². The molecule has 0 aromatic heterocycles. The number of carboxylic acid groups (broad SMARTS) is 1. The summed E-state index contributed by atoms with van der Waals surface area (Å²) in [7, 11) is 0. The minimum Gasteiger partial charge on any atom is -0.545 e.